The van der Waals surface area contributed by atoms with Crippen molar-refractivity contribution in [1.82, 2.24) is 0 Å². The van der Waals surface area contributed by atoms with Crippen LogP contribution < -0.4 is 5.32 Å². The van der Waals surface area contributed by atoms with E-state index < -0.39 is 14.8 Å². The molecule has 1 aromatic carbocycles. The van der Waals surface area contributed by atoms with E-state index in [0.717, 1.165) is 0 Å². The van der Waals surface area contributed by atoms with Crippen molar-refractivity contribution < 1.29 is 13.3 Å². The van der Waals surface area contributed by atoms with Crippen LogP contribution in [0.3, 0.4) is 0 Å². The van der Waals surface area contributed by atoms with Crippen molar-refractivity contribution in [1.29, 1.82) is 5.26 Å². The number of nitriles is 1. The highest BCUT2D eigenvalue weighted by Crippen LogP contribution is 2.27. The van der Waals surface area contributed by atoms with Crippen molar-refractivity contribution in [3.8, 4) is 6.07 Å². The Kier molecular flexibility index (Phi) is 3.40. The van der Waals surface area contributed by atoms with Crippen molar-refractivity contribution in [2.75, 3.05) is 16.8 Å². The van der Waals surface area contributed by atoms with Crippen LogP contribution in [0.4, 0.5) is 11.4 Å². The largest absolute Gasteiger partial charge is 0.376 e. The minimum absolute atomic E-state index is 0.0237. The molecule has 1 unspecified atom stereocenters. The van der Waals surface area contributed by atoms with Crippen LogP contribution in [0.1, 0.15) is 12.0 Å². The van der Waals surface area contributed by atoms with Crippen molar-refractivity contribution >= 4 is 21.2 Å². The molecule has 0 aliphatic carbocycles. The van der Waals surface area contributed by atoms with Gasteiger partial charge in [-0.05, 0) is 18.6 Å². The van der Waals surface area contributed by atoms with Gasteiger partial charge < -0.3 is 5.32 Å². The molecule has 19 heavy (non-hydrogen) atoms. The molecule has 100 valence electrons. The number of hydrogen-bond acceptors (Lipinski definition) is 6. The number of benzene rings is 1. The number of nitrogens with zero attached hydrogens (tertiary/aromatic N) is 2. The zero-order chi connectivity index (χ0) is 14.0. The Morgan fingerprint density at radius 1 is 1.47 bits per heavy atom. The molecular formula is C11H11N3O4S. The zero-order valence-corrected chi connectivity index (χ0v) is 10.7. The molecule has 1 aromatic rings. The van der Waals surface area contributed by atoms with E-state index in [1.807, 2.05) is 6.07 Å². The minimum atomic E-state index is -3.05. The zero-order valence-electron chi connectivity index (χ0n) is 9.87. The van der Waals surface area contributed by atoms with Gasteiger partial charge in [0, 0.05) is 12.1 Å². The number of rotatable bonds is 3. The maximum Gasteiger partial charge on any atom is 0.293 e. The smallest absolute Gasteiger partial charge is 0.293 e. The Bertz CT molecular complexity index is 663. The molecular weight excluding hydrogens is 270 g/mol. The van der Waals surface area contributed by atoms with E-state index in [2.05, 4.69) is 5.32 Å². The number of sulfone groups is 1. The number of nitro benzene ring substituents is 1. The summed E-state index contributed by atoms with van der Waals surface area (Å²) in [6.45, 7) is 0. The van der Waals surface area contributed by atoms with E-state index in [0.29, 0.717) is 6.42 Å². The molecule has 0 aromatic heterocycles. The molecule has 2 rings (SSSR count). The number of nitro groups is 1. The van der Waals surface area contributed by atoms with Crippen LogP contribution in [-0.4, -0.2) is 30.9 Å². The fourth-order valence-corrected chi connectivity index (χ4v) is 3.68. The average molecular weight is 281 g/mol. The normalized spacial score (nSPS) is 20.7. The average Bonchev–Trinajstić information content (AvgIpc) is 2.69. The molecule has 1 aliphatic heterocycles. The minimum Gasteiger partial charge on any atom is -0.376 e. The summed E-state index contributed by atoms with van der Waals surface area (Å²) >= 11 is 0. The van der Waals surface area contributed by atoms with E-state index in [1.54, 1.807) is 0 Å². The van der Waals surface area contributed by atoms with Crippen LogP contribution in [0.2, 0.25) is 0 Å². The molecule has 7 nitrogen and oxygen atoms in total. The van der Waals surface area contributed by atoms with Gasteiger partial charge in [0.1, 0.15) is 5.69 Å². The molecule has 0 amide bonds. The number of anilines is 1. The molecule has 0 spiro atoms. The third-order valence-electron chi connectivity index (χ3n) is 2.92. The first-order valence-electron chi connectivity index (χ1n) is 5.57. The van der Waals surface area contributed by atoms with Gasteiger partial charge in [0.05, 0.1) is 28.1 Å². The van der Waals surface area contributed by atoms with Gasteiger partial charge in [0.25, 0.3) is 5.69 Å². The Morgan fingerprint density at radius 3 is 2.74 bits per heavy atom. The van der Waals surface area contributed by atoms with Gasteiger partial charge in [-0.15, -0.1) is 0 Å². The van der Waals surface area contributed by atoms with Gasteiger partial charge in [0.2, 0.25) is 0 Å². The number of hydrogen-bond donors (Lipinski definition) is 1. The lowest BCUT2D eigenvalue weighted by atomic mass is 10.1. The first kappa shape index (κ1) is 13.3. The molecule has 0 radical (unpaired) electrons. The van der Waals surface area contributed by atoms with Crippen LogP contribution in [-0.2, 0) is 9.84 Å². The van der Waals surface area contributed by atoms with Crippen LogP contribution in [0.5, 0.6) is 0 Å². The summed E-state index contributed by atoms with van der Waals surface area (Å²) in [4.78, 5) is 10.3. The summed E-state index contributed by atoms with van der Waals surface area (Å²) < 4.78 is 22.7. The van der Waals surface area contributed by atoms with Crippen LogP contribution in [0.15, 0.2) is 18.2 Å². The first-order chi connectivity index (χ1) is 8.91. The molecule has 1 fully saturated rings. The van der Waals surface area contributed by atoms with Crippen molar-refractivity contribution in [3.05, 3.63) is 33.9 Å². The Hall–Kier alpha value is -2.14. The maximum absolute atomic E-state index is 11.3. The SMILES string of the molecule is N#Cc1ccc(NC2CCS(=O)(=O)C2)c([N+](=O)[O-])c1. The lowest BCUT2D eigenvalue weighted by Gasteiger charge is -2.12. The lowest BCUT2D eigenvalue weighted by molar-refractivity contribution is -0.384. The first-order valence-corrected chi connectivity index (χ1v) is 7.39. The Morgan fingerprint density at radius 2 is 2.21 bits per heavy atom. The van der Waals surface area contributed by atoms with E-state index in [9.17, 15) is 18.5 Å². The van der Waals surface area contributed by atoms with E-state index in [-0.39, 0.29) is 34.5 Å². The summed E-state index contributed by atoms with van der Waals surface area (Å²) in [5.74, 6) is 0.0684. The molecule has 1 saturated heterocycles. The van der Waals surface area contributed by atoms with E-state index in [1.165, 1.54) is 18.2 Å². The van der Waals surface area contributed by atoms with Gasteiger partial charge in [-0.25, -0.2) is 8.42 Å². The molecule has 8 heteroatoms. The van der Waals surface area contributed by atoms with Gasteiger partial charge >= 0.3 is 0 Å². The molecule has 0 saturated carbocycles. The van der Waals surface area contributed by atoms with Crippen molar-refractivity contribution in [2.45, 2.75) is 12.5 Å². The topological polar surface area (TPSA) is 113 Å². The highest BCUT2D eigenvalue weighted by Gasteiger charge is 2.29. The lowest BCUT2D eigenvalue weighted by Crippen LogP contribution is -2.21. The van der Waals surface area contributed by atoms with Gasteiger partial charge in [-0.3, -0.25) is 10.1 Å². The second kappa shape index (κ2) is 4.85. The van der Waals surface area contributed by atoms with Gasteiger partial charge in [-0.2, -0.15) is 5.26 Å². The van der Waals surface area contributed by atoms with Crippen LogP contribution in [0.25, 0.3) is 0 Å². The Labute approximate surface area is 109 Å². The molecule has 1 N–H and O–H groups in total. The monoisotopic (exact) mass is 281 g/mol. The molecule has 0 bridgehead atoms. The van der Waals surface area contributed by atoms with Gasteiger partial charge in [-0.1, -0.05) is 0 Å². The predicted molar refractivity (Wildman–Crippen MR) is 68.5 cm³/mol. The highest BCUT2D eigenvalue weighted by atomic mass is 32.2. The second-order valence-corrected chi connectivity index (χ2v) is 6.57. The summed E-state index contributed by atoms with van der Waals surface area (Å²) in [7, 11) is -3.05. The summed E-state index contributed by atoms with van der Waals surface area (Å²) in [5, 5.41) is 22.5. The number of nitrogens with one attached hydrogen (secondary N) is 1. The third-order valence-corrected chi connectivity index (χ3v) is 4.68. The molecule has 1 atom stereocenters. The molecule has 1 heterocycles. The van der Waals surface area contributed by atoms with Crippen molar-refractivity contribution in [2.24, 2.45) is 0 Å². The summed E-state index contributed by atoms with van der Waals surface area (Å²) in [6.07, 6.45) is 0.430. The standard InChI is InChI=1S/C11H11N3O4S/c12-6-8-1-2-10(11(5-8)14(15)16)13-9-3-4-19(17,18)7-9/h1-2,5,9,13H,3-4,7H2. The van der Waals surface area contributed by atoms with Crippen LogP contribution >= 0.6 is 0 Å². The fourth-order valence-electron chi connectivity index (χ4n) is 2.00. The van der Waals surface area contributed by atoms with Gasteiger partial charge in [0.15, 0.2) is 9.84 Å². The van der Waals surface area contributed by atoms with Crippen molar-refractivity contribution in [3.63, 3.8) is 0 Å². The quantitative estimate of drug-likeness (QED) is 0.654. The second-order valence-electron chi connectivity index (χ2n) is 4.35. The predicted octanol–water partition coefficient (Wildman–Crippen LogP) is 1.07. The summed E-state index contributed by atoms with van der Waals surface area (Å²) in [5.41, 5.74) is 0.214. The van der Waals surface area contributed by atoms with E-state index in [4.69, 9.17) is 5.26 Å². The fraction of sp³-hybridized carbons (Fsp3) is 0.364. The molecule has 1 aliphatic rings. The maximum atomic E-state index is 11.3. The highest BCUT2D eigenvalue weighted by molar-refractivity contribution is 7.91. The van der Waals surface area contributed by atoms with Crippen LogP contribution in [0, 0.1) is 21.4 Å². The third kappa shape index (κ3) is 3.00. The van der Waals surface area contributed by atoms with E-state index >= 15 is 0 Å². The summed E-state index contributed by atoms with van der Waals surface area (Å²) in [6, 6.07) is 5.57. The Balaban J connectivity index is 2.26.